The highest BCUT2D eigenvalue weighted by Gasteiger charge is 2.38. The molecule has 0 aliphatic heterocycles. The first-order valence-electron chi connectivity index (χ1n) is 7.23. The van der Waals surface area contributed by atoms with Crippen molar-refractivity contribution in [3.8, 4) is 5.75 Å². The van der Waals surface area contributed by atoms with Gasteiger partial charge in [0.05, 0.1) is 17.5 Å². The predicted molar refractivity (Wildman–Crippen MR) is 82.4 cm³/mol. The first-order chi connectivity index (χ1) is 9.52. The van der Waals surface area contributed by atoms with Gasteiger partial charge in [0.1, 0.15) is 17.1 Å². The van der Waals surface area contributed by atoms with Gasteiger partial charge in [-0.05, 0) is 44.2 Å². The Bertz CT molecular complexity index is 629. The van der Waals surface area contributed by atoms with Crippen LogP contribution in [0.25, 0.3) is 11.0 Å². The van der Waals surface area contributed by atoms with Gasteiger partial charge in [-0.15, -0.1) is 11.6 Å². The van der Waals surface area contributed by atoms with Crippen LogP contribution in [-0.4, -0.2) is 15.7 Å². The van der Waals surface area contributed by atoms with Crippen LogP contribution in [0.4, 0.5) is 0 Å². The normalized spacial score (nSPS) is 16.9. The summed E-state index contributed by atoms with van der Waals surface area (Å²) < 4.78 is 8.13. The standard InChI is InChI=1S/C16H21ClN2O/c1-11(2)20-13-6-4-5-12-15(13)18-14(9-17)19(12)10-16(3)7-8-16/h4-6,11H,7-10H2,1-3H3. The monoisotopic (exact) mass is 292 g/mol. The average Bonchev–Trinajstić information content (AvgIpc) is 3.01. The molecule has 1 aromatic heterocycles. The summed E-state index contributed by atoms with van der Waals surface area (Å²) >= 11 is 6.09. The van der Waals surface area contributed by atoms with E-state index in [2.05, 4.69) is 17.6 Å². The van der Waals surface area contributed by atoms with Crippen molar-refractivity contribution >= 4 is 22.6 Å². The molecule has 1 aliphatic rings. The number of nitrogens with zero attached hydrogens (tertiary/aromatic N) is 2. The molecular weight excluding hydrogens is 272 g/mol. The second-order valence-corrected chi connectivity index (χ2v) is 6.62. The van der Waals surface area contributed by atoms with Crippen molar-refractivity contribution in [2.45, 2.75) is 52.1 Å². The number of halogens is 1. The SMILES string of the molecule is CC(C)Oc1cccc2c1nc(CCl)n2CC1(C)CC1. The van der Waals surface area contributed by atoms with Crippen molar-refractivity contribution in [3.63, 3.8) is 0 Å². The van der Waals surface area contributed by atoms with E-state index in [0.29, 0.717) is 11.3 Å². The predicted octanol–water partition coefficient (Wildman–Crippen LogP) is 4.36. The number of alkyl halides is 1. The molecule has 0 saturated heterocycles. The summed E-state index contributed by atoms with van der Waals surface area (Å²) in [6, 6.07) is 6.12. The maximum Gasteiger partial charge on any atom is 0.147 e. The highest BCUT2D eigenvalue weighted by molar-refractivity contribution is 6.16. The zero-order chi connectivity index (χ0) is 14.3. The zero-order valence-electron chi connectivity index (χ0n) is 12.3. The second-order valence-electron chi connectivity index (χ2n) is 6.35. The molecule has 1 heterocycles. The summed E-state index contributed by atoms with van der Waals surface area (Å²) in [6.45, 7) is 7.38. The first kappa shape index (κ1) is 13.7. The van der Waals surface area contributed by atoms with E-state index in [1.165, 1.54) is 12.8 Å². The molecule has 20 heavy (non-hydrogen) atoms. The van der Waals surface area contributed by atoms with Crippen molar-refractivity contribution in [1.29, 1.82) is 0 Å². The number of aromatic nitrogens is 2. The Labute approximate surface area is 124 Å². The van der Waals surface area contributed by atoms with Crippen LogP contribution in [0.1, 0.15) is 39.4 Å². The van der Waals surface area contributed by atoms with Crippen LogP contribution in [-0.2, 0) is 12.4 Å². The van der Waals surface area contributed by atoms with Gasteiger partial charge in [0.15, 0.2) is 0 Å². The Morgan fingerprint density at radius 3 is 2.75 bits per heavy atom. The lowest BCUT2D eigenvalue weighted by Gasteiger charge is -2.13. The molecule has 1 aliphatic carbocycles. The van der Waals surface area contributed by atoms with E-state index in [1.807, 2.05) is 26.0 Å². The number of rotatable bonds is 5. The molecular formula is C16H21ClN2O. The molecule has 3 nitrogen and oxygen atoms in total. The summed E-state index contributed by atoms with van der Waals surface area (Å²) in [5.41, 5.74) is 2.48. The van der Waals surface area contributed by atoms with E-state index >= 15 is 0 Å². The molecule has 1 aromatic carbocycles. The second kappa shape index (κ2) is 4.96. The number of hydrogen-bond acceptors (Lipinski definition) is 2. The van der Waals surface area contributed by atoms with E-state index in [0.717, 1.165) is 29.2 Å². The third-order valence-corrected chi connectivity index (χ3v) is 4.19. The van der Waals surface area contributed by atoms with Crippen molar-refractivity contribution in [3.05, 3.63) is 24.0 Å². The largest absolute Gasteiger partial charge is 0.489 e. The van der Waals surface area contributed by atoms with Gasteiger partial charge in [-0.1, -0.05) is 13.0 Å². The number of fused-ring (bicyclic) bond motifs is 1. The molecule has 0 amide bonds. The van der Waals surface area contributed by atoms with Crippen LogP contribution >= 0.6 is 11.6 Å². The van der Waals surface area contributed by atoms with Crippen LogP contribution in [0.5, 0.6) is 5.75 Å². The molecule has 0 N–H and O–H groups in total. The summed E-state index contributed by atoms with van der Waals surface area (Å²) in [4.78, 5) is 4.70. The van der Waals surface area contributed by atoms with Gasteiger partial charge in [0, 0.05) is 6.54 Å². The Balaban J connectivity index is 2.08. The molecule has 1 saturated carbocycles. The molecule has 2 aromatic rings. The fourth-order valence-electron chi connectivity index (χ4n) is 2.55. The number of benzene rings is 1. The van der Waals surface area contributed by atoms with E-state index in [-0.39, 0.29) is 6.10 Å². The van der Waals surface area contributed by atoms with E-state index < -0.39 is 0 Å². The number of para-hydroxylation sites is 1. The maximum absolute atomic E-state index is 6.09. The molecule has 108 valence electrons. The highest BCUT2D eigenvalue weighted by Crippen LogP contribution is 2.47. The average molecular weight is 293 g/mol. The van der Waals surface area contributed by atoms with Gasteiger partial charge in [-0.3, -0.25) is 0 Å². The van der Waals surface area contributed by atoms with Crippen molar-refractivity contribution in [2.75, 3.05) is 0 Å². The van der Waals surface area contributed by atoms with Crippen molar-refractivity contribution in [2.24, 2.45) is 5.41 Å². The zero-order valence-corrected chi connectivity index (χ0v) is 13.1. The Morgan fingerprint density at radius 1 is 1.40 bits per heavy atom. The maximum atomic E-state index is 6.09. The van der Waals surface area contributed by atoms with E-state index in [1.54, 1.807) is 0 Å². The number of imidazole rings is 1. The molecule has 0 bridgehead atoms. The molecule has 1 fully saturated rings. The van der Waals surface area contributed by atoms with Gasteiger partial charge in [-0.2, -0.15) is 0 Å². The van der Waals surface area contributed by atoms with Crippen LogP contribution in [0.2, 0.25) is 0 Å². The van der Waals surface area contributed by atoms with E-state index in [9.17, 15) is 0 Å². The molecule has 0 unspecified atom stereocenters. The molecule has 0 radical (unpaired) electrons. The van der Waals surface area contributed by atoms with E-state index in [4.69, 9.17) is 21.3 Å². The minimum Gasteiger partial charge on any atom is -0.489 e. The number of hydrogen-bond donors (Lipinski definition) is 0. The van der Waals surface area contributed by atoms with Gasteiger partial charge in [0.2, 0.25) is 0 Å². The minimum atomic E-state index is 0.145. The lowest BCUT2D eigenvalue weighted by atomic mass is 10.1. The minimum absolute atomic E-state index is 0.145. The molecule has 0 spiro atoms. The van der Waals surface area contributed by atoms with Gasteiger partial charge < -0.3 is 9.30 Å². The van der Waals surface area contributed by atoms with Crippen LogP contribution in [0.15, 0.2) is 18.2 Å². The Morgan fingerprint density at radius 2 is 2.15 bits per heavy atom. The molecule has 3 rings (SSSR count). The Kier molecular flexibility index (Phi) is 3.41. The van der Waals surface area contributed by atoms with Gasteiger partial charge in [-0.25, -0.2) is 4.98 Å². The summed E-state index contributed by atoms with van der Waals surface area (Å²) in [5.74, 6) is 2.23. The Hall–Kier alpha value is -1.22. The molecule has 0 atom stereocenters. The lowest BCUT2D eigenvalue weighted by molar-refractivity contribution is 0.245. The fraction of sp³-hybridized carbons (Fsp3) is 0.562. The van der Waals surface area contributed by atoms with Gasteiger partial charge >= 0.3 is 0 Å². The number of ether oxygens (including phenoxy) is 1. The third-order valence-electron chi connectivity index (χ3n) is 3.95. The summed E-state index contributed by atoms with van der Waals surface area (Å²) in [5, 5.41) is 0. The first-order valence-corrected chi connectivity index (χ1v) is 7.77. The lowest BCUT2D eigenvalue weighted by Crippen LogP contribution is -2.10. The quantitative estimate of drug-likeness (QED) is 0.766. The third kappa shape index (κ3) is 2.51. The highest BCUT2D eigenvalue weighted by atomic mass is 35.5. The van der Waals surface area contributed by atoms with Crippen LogP contribution in [0.3, 0.4) is 0 Å². The molecule has 4 heteroatoms. The fourth-order valence-corrected chi connectivity index (χ4v) is 2.75. The van der Waals surface area contributed by atoms with Crippen LogP contribution < -0.4 is 4.74 Å². The van der Waals surface area contributed by atoms with Gasteiger partial charge in [0.25, 0.3) is 0 Å². The smallest absolute Gasteiger partial charge is 0.147 e. The summed E-state index contributed by atoms with van der Waals surface area (Å²) in [6.07, 6.45) is 2.72. The topological polar surface area (TPSA) is 27.1 Å². The van der Waals surface area contributed by atoms with Crippen molar-refractivity contribution < 1.29 is 4.74 Å². The van der Waals surface area contributed by atoms with Crippen LogP contribution in [0, 0.1) is 5.41 Å². The van der Waals surface area contributed by atoms with Crippen molar-refractivity contribution in [1.82, 2.24) is 9.55 Å². The summed E-state index contributed by atoms with van der Waals surface area (Å²) in [7, 11) is 0.